The quantitative estimate of drug-likeness (QED) is 0.0359. The van der Waals surface area contributed by atoms with Crippen molar-refractivity contribution in [3.8, 4) is 0 Å². The van der Waals surface area contributed by atoms with E-state index >= 15 is 0 Å². The summed E-state index contributed by atoms with van der Waals surface area (Å²) in [5, 5.41) is 52.7. The molecule has 30 nitrogen and oxygen atoms in total. The van der Waals surface area contributed by atoms with E-state index in [1.165, 1.54) is 72.8 Å². The molecule has 4 aromatic carbocycles. The third-order valence-corrected chi connectivity index (χ3v) is 10.8. The number of H-pyrrole nitrogens is 1. The van der Waals surface area contributed by atoms with Crippen LogP contribution in [-0.2, 0) is 6.16 Å². The summed E-state index contributed by atoms with van der Waals surface area (Å²) >= 11 is 43.9. The van der Waals surface area contributed by atoms with Crippen molar-refractivity contribution in [2.75, 3.05) is 41.1 Å². The van der Waals surface area contributed by atoms with Crippen molar-refractivity contribution in [3.63, 3.8) is 0 Å². The maximum absolute atomic E-state index is 10.6. The average Bonchev–Trinajstić information content (AvgIpc) is 3.23. The number of halogens is 8. The first-order chi connectivity index (χ1) is 40.6. The number of benzene rings is 4. The summed E-state index contributed by atoms with van der Waals surface area (Å²) in [6.07, 6.45) is 0.841. The number of carboxylic acid groups (broad SMARTS) is 4. The number of nitrogen functional groups attached to an aromatic ring is 1. The molecule has 0 amide bonds. The van der Waals surface area contributed by atoms with Gasteiger partial charge in [-0.05, 0) is 177 Å². The number of hydrogen-bond donors (Lipinski definition) is 7. The molecular formula is C48H45Cl8N21Na4O9P2. The predicted octanol–water partition coefficient (Wildman–Crippen LogP) is -6.91. The molecule has 0 aliphatic rings. The van der Waals surface area contributed by atoms with E-state index in [1.807, 2.05) is 0 Å². The van der Waals surface area contributed by atoms with Crippen LogP contribution in [0.15, 0.2) is 102 Å². The average molecular weight is 1500 g/mol. The summed E-state index contributed by atoms with van der Waals surface area (Å²) in [5.41, 5.74) is 8.27. The molecule has 0 saturated heterocycles. The van der Waals surface area contributed by atoms with E-state index in [0.717, 1.165) is 11.7 Å². The van der Waals surface area contributed by atoms with Crippen molar-refractivity contribution in [3.05, 3.63) is 189 Å². The number of carbonyl (C=O) groups is 4. The number of aromatic nitrogens is 15. The molecule has 5 heterocycles. The van der Waals surface area contributed by atoms with E-state index in [2.05, 4.69) is 105 Å². The Kier molecular flexibility index (Phi) is 51.3. The molecule has 9 rings (SSSR count). The van der Waals surface area contributed by atoms with E-state index < -0.39 is 23.9 Å². The molecule has 466 valence electrons. The Morgan fingerprint density at radius 2 is 0.707 bits per heavy atom. The van der Waals surface area contributed by atoms with Gasteiger partial charge >= 0.3 is 124 Å². The van der Waals surface area contributed by atoms with Gasteiger partial charge < -0.3 is 72.8 Å². The molecule has 0 radical (unpaired) electrons. The van der Waals surface area contributed by atoms with Crippen LogP contribution < -0.4 is 177 Å². The maximum atomic E-state index is 10.6. The molecule has 92 heavy (non-hydrogen) atoms. The first kappa shape index (κ1) is 94.1. The summed E-state index contributed by atoms with van der Waals surface area (Å²) in [4.78, 5) is 106. The number of anilines is 7. The Hall–Kier alpha value is -4.25. The Morgan fingerprint density at radius 1 is 0.435 bits per heavy atom. The number of nitrogens with two attached hydrogens (primary N) is 1. The smallest absolute Gasteiger partial charge is 0.545 e. The van der Waals surface area contributed by atoms with Crippen molar-refractivity contribution < 1.29 is 158 Å². The molecule has 0 aliphatic heterocycles. The van der Waals surface area contributed by atoms with Crippen LogP contribution in [-0.4, -0.2) is 113 Å². The van der Waals surface area contributed by atoms with Gasteiger partial charge in [0.2, 0.25) is 66.1 Å². The van der Waals surface area contributed by atoms with Gasteiger partial charge in [0.25, 0.3) is 0 Å². The number of carbonyl (C=O) groups excluding carboxylic acids is 4. The zero-order valence-electron chi connectivity index (χ0n) is 49.5. The zero-order chi connectivity index (χ0) is 64.0. The number of hydrogen-bond acceptors (Lipinski definition) is 29. The molecule has 2 unspecified atom stereocenters. The van der Waals surface area contributed by atoms with Crippen LogP contribution in [0.5, 0.6) is 0 Å². The third-order valence-electron chi connectivity index (χ3n) is 8.98. The first-order valence-electron chi connectivity index (χ1n) is 22.9. The molecule has 0 saturated carbocycles. The molecule has 5 aromatic heterocycles. The second-order valence-electron chi connectivity index (χ2n) is 15.2. The molecule has 10 N–H and O–H groups in total. The van der Waals surface area contributed by atoms with Gasteiger partial charge in [0, 0.05) is 31.2 Å². The summed E-state index contributed by atoms with van der Waals surface area (Å²) in [6.45, 7) is 3.46. The van der Waals surface area contributed by atoms with Gasteiger partial charge in [0.1, 0.15) is 11.6 Å². The van der Waals surface area contributed by atoms with Crippen LogP contribution in [0.4, 0.5) is 40.9 Å². The monoisotopic (exact) mass is 1490 g/mol. The Morgan fingerprint density at radius 3 is 0.989 bits per heavy atom. The Balaban J connectivity index is -0.000000494. The van der Waals surface area contributed by atoms with E-state index in [-0.39, 0.29) is 216 Å². The zero-order valence-corrected chi connectivity index (χ0v) is 66.1. The van der Waals surface area contributed by atoms with Crippen molar-refractivity contribution >= 4 is 177 Å². The van der Waals surface area contributed by atoms with E-state index in [1.54, 1.807) is 52.2 Å². The second kappa shape index (κ2) is 50.2. The Labute approximate surface area is 657 Å². The molecular weight excluding hydrogens is 1450 g/mol. The molecule has 0 bridgehead atoms. The second-order valence-corrected chi connectivity index (χ2v) is 18.3. The number of nitrogens with zero attached hydrogens (tertiary/aromatic N) is 14. The van der Waals surface area contributed by atoms with Gasteiger partial charge in [-0.1, -0.05) is 60.7 Å². The van der Waals surface area contributed by atoms with Crippen LogP contribution in [0.3, 0.4) is 0 Å². The van der Waals surface area contributed by atoms with Gasteiger partial charge in [-0.2, -0.15) is 69.7 Å². The Bertz CT molecular complexity index is 3580. The largest absolute Gasteiger partial charge is 1.00 e. The minimum Gasteiger partial charge on any atom is -0.545 e. The summed E-state index contributed by atoms with van der Waals surface area (Å²) < 4.78 is 0. The van der Waals surface area contributed by atoms with Gasteiger partial charge in [-0.25, -0.2) is 14.8 Å². The van der Waals surface area contributed by atoms with E-state index in [4.69, 9.17) is 98.5 Å². The van der Waals surface area contributed by atoms with Crippen molar-refractivity contribution in [2.45, 2.75) is 20.0 Å². The summed E-state index contributed by atoms with van der Waals surface area (Å²) in [5.74, 6) is -2.43. The molecule has 44 heteroatoms. The van der Waals surface area contributed by atoms with E-state index in [9.17, 15) is 44.4 Å². The SMILES string of the molecule is CNc1nc(C)[nH]c(=O)n1.CNc1nc(C)nc(Cl)n1.Clc1nc(Cl)nc(Cl)n1.N.Nc1ccc(C(=O)[O-])cc1.O=C([O-])c1ccc(CP)cc1.O=C([O-])c1ccc(Nc2nc(Cl)nc(Cl)n2)cc1.O=C([O-])c1ccc(Nc2nc(Cl)nc(Cl)n2)cc1.P.[Na+].[Na+].[Na+].[Na+]. The number of aromatic amines is 1. The topological polar surface area (TPSA) is 483 Å². The van der Waals surface area contributed by atoms with Gasteiger partial charge in [-0.3, -0.25) is 4.98 Å². The minimum absolute atomic E-state index is 0. The standard InChI is InChI=1S/2C10H6Cl2N4O2.C8H9O2P.C7H7NO2.C5H7ClN4.C5H8N4O.C3Cl3N3.H3N.4Na.H3P/c2*11-8-14-9(12)16-10(15-8)13-6-3-1-5(2-4-6)7(17)18;9-8(10)7-3-1-6(5-11)2-4-7;8-6-3-1-5(2-4-6)7(9)10;1-3-8-4(6)10-5(7-2)9-3;1-3-7-4(6-2)9-5(10)8-3;4-1-7-2(5)9-3(6)8-1;;;;;;/h2*1-4H,(H,17,18)(H,13,14,15,16);1-4H,5,11H2,(H,9,10);1-4H,8H2,(H,9,10);1-2H3,(H,7,8,9,10);1-2H3,(H2,6,7,8,9,10);;1H3;;;;;1H3/q;;;;;;;;4*+1;/p-4. The fourth-order valence-corrected chi connectivity index (χ4v) is 7.08. The van der Waals surface area contributed by atoms with Crippen LogP contribution in [0.2, 0.25) is 42.3 Å². The van der Waals surface area contributed by atoms with E-state index in [0.29, 0.717) is 40.6 Å². The van der Waals surface area contributed by atoms with Crippen molar-refractivity contribution in [2.24, 2.45) is 0 Å². The molecule has 2 atom stereocenters. The fourth-order valence-electron chi connectivity index (χ4n) is 5.26. The van der Waals surface area contributed by atoms with Crippen molar-refractivity contribution in [1.82, 2.24) is 80.9 Å². The number of carboxylic acids is 4. The van der Waals surface area contributed by atoms with Gasteiger partial charge in [0.05, 0.1) is 23.9 Å². The van der Waals surface area contributed by atoms with Crippen LogP contribution >= 0.6 is 112 Å². The van der Waals surface area contributed by atoms with Crippen molar-refractivity contribution in [1.29, 1.82) is 0 Å². The number of rotatable bonds is 11. The summed E-state index contributed by atoms with van der Waals surface area (Å²) in [6, 6.07) is 24.2. The third kappa shape index (κ3) is 38.9. The van der Waals surface area contributed by atoms with Crippen LogP contribution in [0, 0.1) is 13.8 Å². The molecule has 0 spiro atoms. The predicted molar refractivity (Wildman–Crippen MR) is 334 cm³/mol. The van der Waals surface area contributed by atoms with Crippen LogP contribution in [0.25, 0.3) is 0 Å². The normalized spacial score (nSPS) is 9.10. The van der Waals surface area contributed by atoms with Crippen LogP contribution in [0.1, 0.15) is 58.6 Å². The number of nitrogens with one attached hydrogen (secondary N) is 5. The minimum atomic E-state index is -1.24. The van der Waals surface area contributed by atoms with Gasteiger partial charge in [0.15, 0.2) is 0 Å². The summed E-state index contributed by atoms with van der Waals surface area (Å²) in [7, 11) is 5.96. The molecule has 0 aliphatic carbocycles. The molecule has 0 fully saturated rings. The first-order valence-corrected chi connectivity index (χ1v) is 26.8. The van der Waals surface area contributed by atoms with Gasteiger partial charge in [-0.15, -0.1) is 9.24 Å². The molecule has 9 aromatic rings. The maximum Gasteiger partial charge on any atom is 1.00 e. The number of aryl methyl sites for hydroxylation is 2. The fraction of sp³-hybridized carbons (Fsp3) is 0.104. The number of aromatic carboxylic acids is 4.